The van der Waals surface area contributed by atoms with Gasteiger partial charge in [0.05, 0.1) is 34.4 Å². The third-order valence-corrected chi connectivity index (χ3v) is 11.7. The zero-order valence-electron chi connectivity index (χ0n) is 39.5. The summed E-state index contributed by atoms with van der Waals surface area (Å²) in [7, 11) is 1.66. The average molecular weight is 855 g/mol. The fourth-order valence-electron chi connectivity index (χ4n) is 6.81. The maximum atomic E-state index is 12.7. The number of allylic oxidation sites excluding steroid dienone is 6. The SMILES string of the molecule is CCCCCCC/C=C\C/C=C\CCCCCCCCCCCC(=O)OC(COCCCCCCCC/C=C\CCCCCCCC)COP(=O)(O)OCC[N+](C)(C)C. The zero-order chi connectivity index (χ0) is 43.4. The van der Waals surface area contributed by atoms with Crippen LogP contribution in [0.25, 0.3) is 0 Å². The van der Waals surface area contributed by atoms with Crippen molar-refractivity contribution in [1.29, 1.82) is 0 Å². The third kappa shape index (κ3) is 47.6. The summed E-state index contributed by atoms with van der Waals surface area (Å²) in [5, 5.41) is 0. The number of phosphoric acid groups is 1. The molecule has 348 valence electrons. The highest BCUT2D eigenvalue weighted by molar-refractivity contribution is 7.47. The molecule has 59 heavy (non-hydrogen) atoms. The highest BCUT2D eigenvalue weighted by Gasteiger charge is 2.26. The van der Waals surface area contributed by atoms with Crippen LogP contribution >= 0.6 is 7.82 Å². The minimum atomic E-state index is -4.28. The Bertz CT molecular complexity index is 1040. The lowest BCUT2D eigenvalue weighted by atomic mass is 10.1. The summed E-state index contributed by atoms with van der Waals surface area (Å²) >= 11 is 0. The van der Waals surface area contributed by atoms with Gasteiger partial charge in [0.25, 0.3) is 0 Å². The monoisotopic (exact) mass is 855 g/mol. The molecule has 0 aliphatic rings. The van der Waals surface area contributed by atoms with Crippen LogP contribution in [0.5, 0.6) is 0 Å². The van der Waals surface area contributed by atoms with E-state index in [1.807, 2.05) is 21.1 Å². The van der Waals surface area contributed by atoms with Gasteiger partial charge in [0.2, 0.25) is 0 Å². The molecule has 0 aromatic heterocycles. The van der Waals surface area contributed by atoms with E-state index < -0.39 is 13.9 Å². The second-order valence-corrected chi connectivity index (χ2v) is 19.3. The predicted molar refractivity (Wildman–Crippen MR) is 252 cm³/mol. The van der Waals surface area contributed by atoms with Crippen LogP contribution in [0.3, 0.4) is 0 Å². The number of carbonyl (C=O) groups is 1. The molecule has 0 spiro atoms. The topological polar surface area (TPSA) is 91.3 Å². The maximum absolute atomic E-state index is 12.7. The molecule has 2 unspecified atom stereocenters. The largest absolute Gasteiger partial charge is 0.472 e. The van der Waals surface area contributed by atoms with Crippen LogP contribution in [0.15, 0.2) is 36.5 Å². The lowest BCUT2D eigenvalue weighted by Gasteiger charge is -2.24. The van der Waals surface area contributed by atoms with Gasteiger partial charge in [0.1, 0.15) is 19.3 Å². The number of phosphoric ester groups is 1. The van der Waals surface area contributed by atoms with Crippen molar-refractivity contribution in [1.82, 2.24) is 0 Å². The number of nitrogens with zero attached hydrogens (tertiary/aromatic N) is 1. The molecule has 0 heterocycles. The molecule has 0 saturated heterocycles. The number of hydrogen-bond acceptors (Lipinski definition) is 6. The van der Waals surface area contributed by atoms with Gasteiger partial charge in [-0.2, -0.15) is 0 Å². The van der Waals surface area contributed by atoms with E-state index in [1.165, 1.54) is 161 Å². The molecule has 2 atom stereocenters. The van der Waals surface area contributed by atoms with Crippen LogP contribution in [0.1, 0.15) is 219 Å². The average Bonchev–Trinajstić information content (AvgIpc) is 3.19. The summed E-state index contributed by atoms with van der Waals surface area (Å²) < 4.78 is 35.1. The Morgan fingerprint density at radius 1 is 0.525 bits per heavy atom. The summed E-state index contributed by atoms with van der Waals surface area (Å²) in [6.07, 6.45) is 51.8. The number of quaternary nitrogens is 1. The summed E-state index contributed by atoms with van der Waals surface area (Å²) in [5.41, 5.74) is 0. The molecule has 0 fully saturated rings. The van der Waals surface area contributed by atoms with E-state index >= 15 is 0 Å². The van der Waals surface area contributed by atoms with Crippen molar-refractivity contribution < 1.29 is 37.3 Å². The molecule has 0 amide bonds. The van der Waals surface area contributed by atoms with Gasteiger partial charge in [-0.25, -0.2) is 4.57 Å². The van der Waals surface area contributed by atoms with E-state index in [0.29, 0.717) is 24.1 Å². The molecule has 0 aromatic rings. The zero-order valence-corrected chi connectivity index (χ0v) is 40.4. The lowest BCUT2D eigenvalue weighted by Crippen LogP contribution is -2.37. The fourth-order valence-corrected chi connectivity index (χ4v) is 7.56. The Hall–Kier alpha value is -1.28. The molecule has 0 saturated carbocycles. The van der Waals surface area contributed by atoms with E-state index in [1.54, 1.807) is 0 Å². The molecule has 0 aliphatic heterocycles. The van der Waals surface area contributed by atoms with Gasteiger partial charge in [0, 0.05) is 13.0 Å². The predicted octanol–water partition coefficient (Wildman–Crippen LogP) is 14.9. The van der Waals surface area contributed by atoms with Crippen LogP contribution in [0.2, 0.25) is 0 Å². The van der Waals surface area contributed by atoms with E-state index in [-0.39, 0.29) is 25.8 Å². The van der Waals surface area contributed by atoms with Gasteiger partial charge in [-0.15, -0.1) is 0 Å². The van der Waals surface area contributed by atoms with Gasteiger partial charge in [-0.1, -0.05) is 179 Å². The minimum absolute atomic E-state index is 0.0867. The Kier molecular flexibility index (Phi) is 42.4. The Morgan fingerprint density at radius 2 is 0.932 bits per heavy atom. The van der Waals surface area contributed by atoms with Gasteiger partial charge in [0.15, 0.2) is 0 Å². The Morgan fingerprint density at radius 3 is 1.39 bits per heavy atom. The Balaban J connectivity index is 4.17. The highest BCUT2D eigenvalue weighted by Crippen LogP contribution is 2.43. The van der Waals surface area contributed by atoms with Gasteiger partial charge in [-0.3, -0.25) is 13.8 Å². The second-order valence-electron chi connectivity index (χ2n) is 17.8. The molecule has 0 rings (SSSR count). The van der Waals surface area contributed by atoms with Crippen molar-refractivity contribution in [2.45, 2.75) is 225 Å². The van der Waals surface area contributed by atoms with Crippen molar-refractivity contribution >= 4 is 13.8 Å². The summed E-state index contributed by atoms with van der Waals surface area (Å²) in [6.45, 7) is 5.61. The fraction of sp³-hybridized carbons (Fsp3) is 0.860. The maximum Gasteiger partial charge on any atom is 0.472 e. The molecule has 0 radical (unpaired) electrons. The Labute approximate surface area is 365 Å². The number of esters is 1. The van der Waals surface area contributed by atoms with Crippen LogP contribution in [-0.2, 0) is 27.9 Å². The standard InChI is InChI=1S/C50H96NO7P/c1-6-8-10-12-14-16-18-20-22-24-25-26-27-28-29-31-33-35-37-39-41-43-50(52)58-49(48-57-59(53,54)56-46-44-51(3,4)5)47-55-45-42-40-38-36-34-32-30-23-21-19-17-15-13-11-9-7-2/h18,20-21,23-25,49H,6-17,19,22,26-48H2,1-5H3/p+1/b20-18-,23-21-,25-24-. The first-order valence-electron chi connectivity index (χ1n) is 24.7. The van der Waals surface area contributed by atoms with Crippen LogP contribution in [-0.4, -0.2) is 75.6 Å². The number of unbranched alkanes of at least 4 members (excludes halogenated alkanes) is 26. The van der Waals surface area contributed by atoms with Crippen LogP contribution in [0.4, 0.5) is 0 Å². The van der Waals surface area contributed by atoms with Gasteiger partial charge >= 0.3 is 13.8 Å². The van der Waals surface area contributed by atoms with E-state index in [0.717, 1.165) is 38.5 Å². The van der Waals surface area contributed by atoms with Gasteiger partial charge in [-0.05, 0) is 70.6 Å². The first-order chi connectivity index (χ1) is 28.6. The highest BCUT2D eigenvalue weighted by atomic mass is 31.2. The van der Waals surface area contributed by atoms with Crippen molar-refractivity contribution in [3.05, 3.63) is 36.5 Å². The van der Waals surface area contributed by atoms with E-state index in [4.69, 9.17) is 18.5 Å². The minimum Gasteiger partial charge on any atom is -0.457 e. The van der Waals surface area contributed by atoms with Crippen molar-refractivity contribution in [2.75, 3.05) is 54.1 Å². The van der Waals surface area contributed by atoms with Crippen molar-refractivity contribution in [2.24, 2.45) is 0 Å². The molecule has 0 aromatic carbocycles. The number of rotatable bonds is 46. The van der Waals surface area contributed by atoms with Crippen molar-refractivity contribution in [3.63, 3.8) is 0 Å². The molecule has 9 heteroatoms. The molecule has 0 aliphatic carbocycles. The summed E-state index contributed by atoms with van der Waals surface area (Å²) in [6, 6.07) is 0. The molecular weight excluding hydrogens is 758 g/mol. The van der Waals surface area contributed by atoms with E-state index in [2.05, 4.69) is 50.3 Å². The summed E-state index contributed by atoms with van der Waals surface area (Å²) in [5.74, 6) is -0.318. The van der Waals surface area contributed by atoms with Crippen LogP contribution in [0, 0.1) is 0 Å². The first-order valence-corrected chi connectivity index (χ1v) is 26.2. The third-order valence-electron chi connectivity index (χ3n) is 10.7. The smallest absolute Gasteiger partial charge is 0.457 e. The number of ether oxygens (including phenoxy) is 2. The molecule has 8 nitrogen and oxygen atoms in total. The molecular formula is C50H97NO7P+. The van der Waals surface area contributed by atoms with Crippen molar-refractivity contribution in [3.8, 4) is 0 Å². The first kappa shape index (κ1) is 57.7. The second kappa shape index (κ2) is 43.4. The lowest BCUT2D eigenvalue weighted by molar-refractivity contribution is -0.870. The normalized spacial score (nSPS) is 13.9. The van der Waals surface area contributed by atoms with Gasteiger partial charge < -0.3 is 18.9 Å². The number of carbonyl (C=O) groups excluding carboxylic acids is 1. The molecule has 1 N–H and O–H groups in total. The molecule has 0 bridgehead atoms. The quantitative estimate of drug-likeness (QED) is 0.0214. The van der Waals surface area contributed by atoms with E-state index in [9.17, 15) is 14.3 Å². The summed E-state index contributed by atoms with van der Waals surface area (Å²) in [4.78, 5) is 23.0. The number of hydrogen-bond donors (Lipinski definition) is 1. The van der Waals surface area contributed by atoms with Crippen LogP contribution < -0.4 is 0 Å². The number of likely N-dealkylation sites (N-methyl/N-ethyl adjacent to an activating group) is 1.